The van der Waals surface area contributed by atoms with Crippen molar-refractivity contribution in [2.24, 2.45) is 0 Å². The number of aliphatic carboxylic acids is 1. The van der Waals surface area contributed by atoms with Crippen LogP contribution in [-0.4, -0.2) is 48.1 Å². The highest BCUT2D eigenvalue weighted by Crippen LogP contribution is 2.34. The van der Waals surface area contributed by atoms with Crippen molar-refractivity contribution in [1.29, 1.82) is 0 Å². The van der Waals surface area contributed by atoms with Crippen LogP contribution in [0.15, 0.2) is 78.9 Å². The van der Waals surface area contributed by atoms with E-state index in [1.807, 2.05) is 77.7 Å². The quantitative estimate of drug-likeness (QED) is 0.423. The Morgan fingerprint density at radius 3 is 2.11 bits per heavy atom. The standard InChI is InChI=1S/C31H35N3O3/c35-30(28-14-8-7-13-27(28)23-9-3-1-4-10-23)32-25-15-17-26(18-16-25)33-19-21-34(22-20-33)29(31(36)37)24-11-5-2-6-12-24/h2,5-8,11-18,23,29H,1,3-4,9-10,19-22H2,(H,32,35)(H,36,37). The van der Waals surface area contributed by atoms with E-state index in [9.17, 15) is 14.7 Å². The Morgan fingerprint density at radius 1 is 0.784 bits per heavy atom. The van der Waals surface area contributed by atoms with Gasteiger partial charge in [-0.3, -0.25) is 14.5 Å². The van der Waals surface area contributed by atoms with E-state index in [0.717, 1.165) is 48.4 Å². The van der Waals surface area contributed by atoms with Crippen LogP contribution in [0.25, 0.3) is 0 Å². The molecule has 3 aromatic rings. The molecule has 37 heavy (non-hydrogen) atoms. The van der Waals surface area contributed by atoms with E-state index in [4.69, 9.17) is 0 Å². The van der Waals surface area contributed by atoms with E-state index < -0.39 is 12.0 Å². The number of hydrogen-bond donors (Lipinski definition) is 2. The van der Waals surface area contributed by atoms with Gasteiger partial charge in [-0.2, -0.15) is 0 Å². The summed E-state index contributed by atoms with van der Waals surface area (Å²) in [6, 6.07) is 24.8. The molecule has 1 amide bonds. The molecule has 0 spiro atoms. The maximum Gasteiger partial charge on any atom is 0.325 e. The number of piperazine rings is 1. The molecule has 2 aliphatic rings. The van der Waals surface area contributed by atoms with Crippen molar-refractivity contribution in [3.8, 4) is 0 Å². The smallest absolute Gasteiger partial charge is 0.325 e. The first-order chi connectivity index (χ1) is 18.1. The van der Waals surface area contributed by atoms with Gasteiger partial charge in [0.2, 0.25) is 0 Å². The van der Waals surface area contributed by atoms with Gasteiger partial charge in [0.1, 0.15) is 6.04 Å². The molecule has 0 aromatic heterocycles. The number of nitrogens with zero attached hydrogens (tertiary/aromatic N) is 2. The number of hydrogen-bond acceptors (Lipinski definition) is 4. The fourth-order valence-electron chi connectivity index (χ4n) is 5.81. The molecule has 3 aromatic carbocycles. The number of rotatable bonds is 7. The molecule has 2 N–H and O–H groups in total. The number of nitrogens with one attached hydrogen (secondary N) is 1. The predicted molar refractivity (Wildman–Crippen MR) is 147 cm³/mol. The van der Waals surface area contributed by atoms with E-state index in [0.29, 0.717) is 19.0 Å². The Bertz CT molecular complexity index is 1200. The van der Waals surface area contributed by atoms with Crippen molar-refractivity contribution in [2.45, 2.75) is 44.1 Å². The monoisotopic (exact) mass is 497 g/mol. The molecule has 1 saturated carbocycles. The highest BCUT2D eigenvalue weighted by atomic mass is 16.4. The van der Waals surface area contributed by atoms with E-state index in [1.165, 1.54) is 24.8 Å². The van der Waals surface area contributed by atoms with Crippen molar-refractivity contribution in [3.05, 3.63) is 95.6 Å². The number of carbonyl (C=O) groups excluding carboxylic acids is 1. The van der Waals surface area contributed by atoms with Gasteiger partial charge >= 0.3 is 5.97 Å². The van der Waals surface area contributed by atoms with Crippen LogP contribution in [-0.2, 0) is 4.79 Å². The van der Waals surface area contributed by atoms with Gasteiger partial charge in [-0.05, 0) is 60.2 Å². The number of carboxylic acids is 1. The summed E-state index contributed by atoms with van der Waals surface area (Å²) in [6.07, 6.45) is 6.08. The molecule has 0 radical (unpaired) electrons. The molecule has 1 aliphatic carbocycles. The maximum absolute atomic E-state index is 13.2. The van der Waals surface area contributed by atoms with Crippen LogP contribution in [0.4, 0.5) is 11.4 Å². The fraction of sp³-hybridized carbons (Fsp3) is 0.355. The summed E-state index contributed by atoms with van der Waals surface area (Å²) in [5.41, 5.74) is 4.62. The first kappa shape index (κ1) is 25.0. The zero-order valence-corrected chi connectivity index (χ0v) is 21.2. The zero-order valence-electron chi connectivity index (χ0n) is 21.2. The Kier molecular flexibility index (Phi) is 7.85. The Labute approximate surface area is 218 Å². The average molecular weight is 498 g/mol. The lowest BCUT2D eigenvalue weighted by molar-refractivity contribution is -0.143. The first-order valence-electron chi connectivity index (χ1n) is 13.4. The van der Waals surface area contributed by atoms with Crippen molar-refractivity contribution >= 4 is 23.3 Å². The minimum absolute atomic E-state index is 0.0526. The normalized spacial score (nSPS) is 17.8. The van der Waals surface area contributed by atoms with Gasteiger partial charge in [0.25, 0.3) is 5.91 Å². The van der Waals surface area contributed by atoms with E-state index in [2.05, 4.69) is 16.3 Å². The summed E-state index contributed by atoms with van der Waals surface area (Å²) in [4.78, 5) is 29.5. The van der Waals surface area contributed by atoms with Gasteiger partial charge in [-0.15, -0.1) is 0 Å². The lowest BCUT2D eigenvalue weighted by Crippen LogP contribution is -2.49. The molecule has 5 rings (SSSR count). The minimum atomic E-state index is -0.815. The van der Waals surface area contributed by atoms with Crippen LogP contribution in [0.3, 0.4) is 0 Å². The lowest BCUT2D eigenvalue weighted by atomic mass is 9.82. The number of amides is 1. The van der Waals surface area contributed by atoms with Crippen LogP contribution < -0.4 is 10.2 Å². The zero-order chi connectivity index (χ0) is 25.6. The van der Waals surface area contributed by atoms with Crippen LogP contribution in [0.1, 0.15) is 65.5 Å². The van der Waals surface area contributed by atoms with E-state index in [1.54, 1.807) is 0 Å². The minimum Gasteiger partial charge on any atom is -0.480 e. The molecule has 1 heterocycles. The highest BCUT2D eigenvalue weighted by Gasteiger charge is 2.30. The summed E-state index contributed by atoms with van der Waals surface area (Å²) in [6.45, 7) is 2.83. The SMILES string of the molecule is O=C(Nc1ccc(N2CCN(C(C(=O)O)c3ccccc3)CC2)cc1)c1ccccc1C1CCCCC1. The van der Waals surface area contributed by atoms with Gasteiger partial charge in [-0.1, -0.05) is 67.8 Å². The molecule has 2 fully saturated rings. The summed E-state index contributed by atoms with van der Waals surface area (Å²) in [7, 11) is 0. The van der Waals surface area contributed by atoms with Crippen LogP contribution in [0, 0.1) is 0 Å². The van der Waals surface area contributed by atoms with Gasteiger partial charge in [-0.25, -0.2) is 0 Å². The number of benzene rings is 3. The van der Waals surface area contributed by atoms with Crippen molar-refractivity contribution in [3.63, 3.8) is 0 Å². The molecule has 6 nitrogen and oxygen atoms in total. The fourth-order valence-corrected chi connectivity index (χ4v) is 5.81. The second kappa shape index (κ2) is 11.6. The Balaban J connectivity index is 1.20. The van der Waals surface area contributed by atoms with Crippen LogP contribution >= 0.6 is 0 Å². The Morgan fingerprint density at radius 2 is 1.43 bits per heavy atom. The van der Waals surface area contributed by atoms with E-state index in [-0.39, 0.29) is 5.91 Å². The molecule has 192 valence electrons. The molecule has 1 saturated heterocycles. The third-order valence-corrected chi connectivity index (χ3v) is 7.77. The molecular formula is C31H35N3O3. The second-order valence-corrected chi connectivity index (χ2v) is 10.1. The summed E-state index contributed by atoms with van der Waals surface area (Å²) in [5, 5.41) is 12.9. The summed E-state index contributed by atoms with van der Waals surface area (Å²) >= 11 is 0. The van der Waals surface area contributed by atoms with Crippen LogP contribution in [0.5, 0.6) is 0 Å². The molecule has 1 unspecified atom stereocenters. The number of carboxylic acid groups (broad SMARTS) is 1. The van der Waals surface area contributed by atoms with Crippen molar-refractivity contribution < 1.29 is 14.7 Å². The van der Waals surface area contributed by atoms with E-state index >= 15 is 0 Å². The first-order valence-corrected chi connectivity index (χ1v) is 13.4. The number of anilines is 2. The molecule has 1 aliphatic heterocycles. The van der Waals surface area contributed by atoms with Crippen molar-refractivity contribution in [2.75, 3.05) is 36.4 Å². The van der Waals surface area contributed by atoms with Gasteiger partial charge in [0.05, 0.1) is 0 Å². The summed E-state index contributed by atoms with van der Waals surface area (Å²) < 4.78 is 0. The van der Waals surface area contributed by atoms with Gasteiger partial charge in [0, 0.05) is 43.1 Å². The van der Waals surface area contributed by atoms with Gasteiger partial charge < -0.3 is 15.3 Å². The summed E-state index contributed by atoms with van der Waals surface area (Å²) in [5.74, 6) is -0.396. The third kappa shape index (κ3) is 5.86. The highest BCUT2D eigenvalue weighted by molar-refractivity contribution is 6.05. The third-order valence-electron chi connectivity index (χ3n) is 7.77. The predicted octanol–water partition coefficient (Wildman–Crippen LogP) is 5.93. The van der Waals surface area contributed by atoms with Crippen molar-refractivity contribution in [1.82, 2.24) is 4.90 Å². The topological polar surface area (TPSA) is 72.9 Å². The Hall–Kier alpha value is -3.64. The van der Waals surface area contributed by atoms with Gasteiger partial charge in [0.15, 0.2) is 0 Å². The van der Waals surface area contributed by atoms with Crippen LogP contribution in [0.2, 0.25) is 0 Å². The maximum atomic E-state index is 13.2. The molecular weight excluding hydrogens is 462 g/mol. The number of carbonyl (C=O) groups is 2. The second-order valence-electron chi connectivity index (χ2n) is 10.1. The largest absolute Gasteiger partial charge is 0.480 e. The molecule has 1 atom stereocenters. The lowest BCUT2D eigenvalue weighted by Gasteiger charge is -2.39. The molecule has 6 heteroatoms. The molecule has 0 bridgehead atoms. The average Bonchev–Trinajstić information content (AvgIpc) is 2.95.